The maximum atomic E-state index is 11.3. The van der Waals surface area contributed by atoms with Gasteiger partial charge in [-0.05, 0) is 59.5 Å². The van der Waals surface area contributed by atoms with Gasteiger partial charge in [0.1, 0.15) is 5.69 Å². The molecule has 126 valence electrons. The summed E-state index contributed by atoms with van der Waals surface area (Å²) in [7, 11) is 0. The van der Waals surface area contributed by atoms with Gasteiger partial charge in [-0.1, -0.05) is 23.7 Å². The Bertz CT molecular complexity index is 996. The molecule has 2 N–H and O–H groups in total. The van der Waals surface area contributed by atoms with E-state index in [0.717, 1.165) is 16.7 Å². The SMILES string of the molecule is Cc1cc2nc(C(=O)O)ccc2c(-c2ccc(Cl)cc2)c1CC(=O)O. The van der Waals surface area contributed by atoms with Crippen LogP contribution in [0, 0.1) is 6.92 Å². The lowest BCUT2D eigenvalue weighted by Gasteiger charge is -2.15. The number of halogens is 1. The van der Waals surface area contributed by atoms with Crippen molar-refractivity contribution in [1.82, 2.24) is 4.98 Å². The van der Waals surface area contributed by atoms with E-state index in [1.165, 1.54) is 6.07 Å². The first-order chi connectivity index (χ1) is 11.9. The standard InChI is InChI=1S/C19H14ClNO4/c1-10-8-16-13(6-7-15(21-16)19(24)25)18(14(10)9-17(22)23)11-2-4-12(20)5-3-11/h2-8H,9H2,1H3,(H,22,23)(H,24,25). The number of aromatic nitrogens is 1. The van der Waals surface area contributed by atoms with Gasteiger partial charge in [0, 0.05) is 10.4 Å². The Kier molecular flexibility index (Phi) is 4.42. The van der Waals surface area contributed by atoms with Crippen LogP contribution in [0.2, 0.25) is 5.02 Å². The Balaban J connectivity index is 2.36. The lowest BCUT2D eigenvalue weighted by molar-refractivity contribution is -0.136. The highest BCUT2D eigenvalue weighted by molar-refractivity contribution is 6.30. The monoisotopic (exact) mass is 355 g/mol. The molecule has 0 bridgehead atoms. The molecule has 0 aliphatic carbocycles. The summed E-state index contributed by atoms with van der Waals surface area (Å²) in [5.41, 5.74) is 3.41. The number of aryl methyl sites for hydroxylation is 1. The molecule has 0 spiro atoms. The molecule has 2 aromatic carbocycles. The third kappa shape index (κ3) is 3.32. The third-order valence-electron chi connectivity index (χ3n) is 4.01. The van der Waals surface area contributed by atoms with Crippen LogP contribution in [-0.4, -0.2) is 27.1 Å². The zero-order chi connectivity index (χ0) is 18.1. The number of rotatable bonds is 4. The second-order valence-electron chi connectivity index (χ2n) is 5.69. The van der Waals surface area contributed by atoms with Crippen LogP contribution < -0.4 is 0 Å². The number of carbonyl (C=O) groups is 2. The predicted molar refractivity (Wildman–Crippen MR) is 95.2 cm³/mol. The first-order valence-corrected chi connectivity index (χ1v) is 7.89. The van der Waals surface area contributed by atoms with Gasteiger partial charge in [0.05, 0.1) is 11.9 Å². The first-order valence-electron chi connectivity index (χ1n) is 7.51. The highest BCUT2D eigenvalue weighted by atomic mass is 35.5. The van der Waals surface area contributed by atoms with Crippen LogP contribution in [0.4, 0.5) is 0 Å². The quantitative estimate of drug-likeness (QED) is 0.732. The van der Waals surface area contributed by atoms with Crippen molar-refractivity contribution in [3.8, 4) is 11.1 Å². The average Bonchev–Trinajstić information content (AvgIpc) is 2.55. The second-order valence-corrected chi connectivity index (χ2v) is 6.13. The first kappa shape index (κ1) is 16.9. The highest BCUT2D eigenvalue weighted by Crippen LogP contribution is 2.35. The van der Waals surface area contributed by atoms with Crippen LogP contribution in [0.5, 0.6) is 0 Å². The summed E-state index contributed by atoms with van der Waals surface area (Å²) in [6.07, 6.45) is -0.138. The molecule has 1 aromatic heterocycles. The number of carboxylic acids is 2. The van der Waals surface area contributed by atoms with E-state index in [4.69, 9.17) is 16.7 Å². The van der Waals surface area contributed by atoms with E-state index in [2.05, 4.69) is 4.98 Å². The van der Waals surface area contributed by atoms with Crippen molar-refractivity contribution in [2.75, 3.05) is 0 Å². The fourth-order valence-electron chi connectivity index (χ4n) is 2.89. The van der Waals surface area contributed by atoms with Crippen LogP contribution in [0.3, 0.4) is 0 Å². The van der Waals surface area contributed by atoms with Crippen molar-refractivity contribution in [2.45, 2.75) is 13.3 Å². The molecule has 1 heterocycles. The van der Waals surface area contributed by atoms with Crippen LogP contribution in [-0.2, 0) is 11.2 Å². The number of hydrogen-bond acceptors (Lipinski definition) is 3. The van der Waals surface area contributed by atoms with Gasteiger partial charge in [-0.3, -0.25) is 4.79 Å². The highest BCUT2D eigenvalue weighted by Gasteiger charge is 2.17. The third-order valence-corrected chi connectivity index (χ3v) is 4.26. The van der Waals surface area contributed by atoms with E-state index in [9.17, 15) is 14.7 Å². The molecule has 0 amide bonds. The maximum absolute atomic E-state index is 11.3. The van der Waals surface area contributed by atoms with Crippen molar-refractivity contribution in [1.29, 1.82) is 0 Å². The number of pyridine rings is 1. The molecule has 6 heteroatoms. The Hall–Kier alpha value is -2.92. The molecule has 0 fully saturated rings. The Morgan fingerprint density at radius 3 is 2.36 bits per heavy atom. The smallest absolute Gasteiger partial charge is 0.354 e. The second kappa shape index (κ2) is 6.53. The van der Waals surface area contributed by atoms with Crippen LogP contribution in [0.1, 0.15) is 21.6 Å². The molecule has 0 saturated carbocycles. The number of hydrogen-bond donors (Lipinski definition) is 2. The summed E-state index contributed by atoms with van der Waals surface area (Å²) in [5.74, 6) is -2.05. The Morgan fingerprint density at radius 1 is 1.08 bits per heavy atom. The van der Waals surface area contributed by atoms with Gasteiger partial charge in [-0.25, -0.2) is 9.78 Å². The number of aromatic carboxylic acids is 1. The van der Waals surface area contributed by atoms with Crippen molar-refractivity contribution >= 4 is 34.4 Å². The summed E-state index contributed by atoms with van der Waals surface area (Å²) < 4.78 is 0. The average molecular weight is 356 g/mol. The van der Waals surface area contributed by atoms with E-state index in [-0.39, 0.29) is 12.1 Å². The molecule has 0 unspecified atom stereocenters. The lowest BCUT2D eigenvalue weighted by Crippen LogP contribution is -2.06. The van der Waals surface area contributed by atoms with E-state index in [1.807, 2.05) is 12.1 Å². The Labute approximate surface area is 148 Å². The van der Waals surface area contributed by atoms with Crippen LogP contribution in [0.25, 0.3) is 22.0 Å². The summed E-state index contributed by atoms with van der Waals surface area (Å²) in [5, 5.41) is 19.7. The van der Waals surface area contributed by atoms with Gasteiger partial charge in [-0.15, -0.1) is 0 Å². The van der Waals surface area contributed by atoms with Gasteiger partial charge in [0.15, 0.2) is 0 Å². The van der Waals surface area contributed by atoms with Crippen molar-refractivity contribution in [3.63, 3.8) is 0 Å². The summed E-state index contributed by atoms with van der Waals surface area (Å²) in [4.78, 5) is 26.7. The minimum Gasteiger partial charge on any atom is -0.481 e. The molecule has 0 aliphatic rings. The minimum atomic E-state index is -1.11. The fraction of sp³-hybridized carbons (Fsp3) is 0.105. The molecule has 5 nitrogen and oxygen atoms in total. The molecule has 3 rings (SSSR count). The molecule has 0 atom stereocenters. The number of carboxylic acid groups (broad SMARTS) is 2. The van der Waals surface area contributed by atoms with E-state index in [1.54, 1.807) is 31.2 Å². The summed E-state index contributed by atoms with van der Waals surface area (Å²) >= 11 is 5.96. The topological polar surface area (TPSA) is 87.5 Å². The number of aliphatic carboxylic acids is 1. The predicted octanol–water partition coefficient (Wildman–Crippen LogP) is 4.19. The molecule has 3 aromatic rings. The molecule has 0 radical (unpaired) electrons. The summed E-state index contributed by atoms with van der Waals surface area (Å²) in [6.45, 7) is 1.80. The lowest BCUT2D eigenvalue weighted by atomic mass is 9.90. The largest absolute Gasteiger partial charge is 0.481 e. The van der Waals surface area contributed by atoms with Crippen LogP contribution in [0.15, 0.2) is 42.5 Å². The van der Waals surface area contributed by atoms with Crippen molar-refractivity contribution in [2.24, 2.45) is 0 Å². The van der Waals surface area contributed by atoms with Crippen molar-refractivity contribution in [3.05, 3.63) is 64.3 Å². The van der Waals surface area contributed by atoms with Gasteiger partial charge in [0.25, 0.3) is 0 Å². The van der Waals surface area contributed by atoms with E-state index in [0.29, 0.717) is 21.5 Å². The van der Waals surface area contributed by atoms with Crippen LogP contribution >= 0.6 is 11.6 Å². The fourth-order valence-corrected chi connectivity index (χ4v) is 3.02. The zero-order valence-corrected chi connectivity index (χ0v) is 14.0. The minimum absolute atomic E-state index is 0.0556. The normalized spacial score (nSPS) is 10.8. The number of benzene rings is 2. The number of fused-ring (bicyclic) bond motifs is 1. The Morgan fingerprint density at radius 2 is 1.76 bits per heavy atom. The van der Waals surface area contributed by atoms with Gasteiger partial charge < -0.3 is 10.2 Å². The van der Waals surface area contributed by atoms with Gasteiger partial charge in [0.2, 0.25) is 0 Å². The van der Waals surface area contributed by atoms with Gasteiger partial charge in [-0.2, -0.15) is 0 Å². The zero-order valence-electron chi connectivity index (χ0n) is 13.3. The number of nitrogens with zero attached hydrogens (tertiary/aromatic N) is 1. The van der Waals surface area contributed by atoms with E-state index < -0.39 is 11.9 Å². The molecule has 25 heavy (non-hydrogen) atoms. The van der Waals surface area contributed by atoms with E-state index >= 15 is 0 Å². The van der Waals surface area contributed by atoms with Gasteiger partial charge >= 0.3 is 11.9 Å². The molecule has 0 saturated heterocycles. The molecular formula is C19H14ClNO4. The summed E-state index contributed by atoms with van der Waals surface area (Å²) in [6, 6.07) is 11.9. The molecule has 0 aliphatic heterocycles. The van der Waals surface area contributed by atoms with Crippen molar-refractivity contribution < 1.29 is 19.8 Å². The maximum Gasteiger partial charge on any atom is 0.354 e. The molecular weight excluding hydrogens is 342 g/mol.